The number of ether oxygens (including phenoxy) is 3. The SMILES string of the molecule is COC(=O)CCCOc1cccc(C)c1CCC(=O)OC. The fourth-order valence-electron chi connectivity index (χ4n) is 1.96. The summed E-state index contributed by atoms with van der Waals surface area (Å²) in [6, 6.07) is 5.76. The summed E-state index contributed by atoms with van der Waals surface area (Å²) in [4.78, 5) is 22.3. The molecule has 0 aliphatic heterocycles. The molecule has 0 spiro atoms. The molecule has 1 aromatic carbocycles. The molecule has 116 valence electrons. The smallest absolute Gasteiger partial charge is 0.305 e. The average Bonchev–Trinajstić information content (AvgIpc) is 2.50. The predicted octanol–water partition coefficient (Wildman–Crippen LogP) is 2.43. The van der Waals surface area contributed by atoms with Crippen LogP contribution in [0.15, 0.2) is 18.2 Å². The maximum Gasteiger partial charge on any atom is 0.305 e. The molecular formula is C16H22O5. The predicted molar refractivity (Wildman–Crippen MR) is 78.3 cm³/mol. The van der Waals surface area contributed by atoms with Crippen LogP contribution < -0.4 is 4.74 Å². The molecule has 0 fully saturated rings. The molecule has 1 rings (SSSR count). The fraction of sp³-hybridized carbons (Fsp3) is 0.500. The highest BCUT2D eigenvalue weighted by Crippen LogP contribution is 2.24. The maximum atomic E-state index is 11.3. The molecule has 0 unspecified atom stereocenters. The highest BCUT2D eigenvalue weighted by molar-refractivity contribution is 5.70. The molecule has 0 N–H and O–H groups in total. The van der Waals surface area contributed by atoms with Gasteiger partial charge in [-0.2, -0.15) is 0 Å². The van der Waals surface area contributed by atoms with E-state index in [4.69, 9.17) is 4.74 Å². The summed E-state index contributed by atoms with van der Waals surface area (Å²) < 4.78 is 15.0. The molecule has 0 bridgehead atoms. The number of hydrogen-bond donors (Lipinski definition) is 0. The quantitative estimate of drug-likeness (QED) is 0.544. The molecule has 0 aromatic heterocycles. The number of carbonyl (C=O) groups excluding carboxylic acids is 2. The first kappa shape index (κ1) is 17.0. The van der Waals surface area contributed by atoms with Crippen molar-refractivity contribution in [2.24, 2.45) is 0 Å². The Balaban J connectivity index is 2.58. The lowest BCUT2D eigenvalue weighted by atomic mass is 10.0. The summed E-state index contributed by atoms with van der Waals surface area (Å²) in [7, 11) is 2.75. The van der Waals surface area contributed by atoms with Gasteiger partial charge in [0, 0.05) is 12.8 Å². The number of hydrogen-bond acceptors (Lipinski definition) is 5. The standard InChI is InChI=1S/C16H22O5/c1-12-6-4-7-14(13(12)9-10-16(18)20-3)21-11-5-8-15(17)19-2/h4,6-7H,5,8-11H2,1-3H3. The van der Waals surface area contributed by atoms with Gasteiger partial charge in [0.25, 0.3) is 0 Å². The molecule has 0 aliphatic carbocycles. The Morgan fingerprint density at radius 3 is 2.38 bits per heavy atom. The van der Waals surface area contributed by atoms with Crippen LogP contribution in [-0.2, 0) is 25.5 Å². The normalized spacial score (nSPS) is 10.0. The summed E-state index contributed by atoms with van der Waals surface area (Å²) in [5.41, 5.74) is 2.07. The molecule has 21 heavy (non-hydrogen) atoms. The van der Waals surface area contributed by atoms with Crippen LogP contribution in [-0.4, -0.2) is 32.8 Å². The van der Waals surface area contributed by atoms with Crippen LogP contribution in [0.2, 0.25) is 0 Å². The first-order valence-electron chi connectivity index (χ1n) is 6.93. The first-order valence-corrected chi connectivity index (χ1v) is 6.93. The first-order chi connectivity index (χ1) is 10.1. The van der Waals surface area contributed by atoms with Crippen LogP contribution in [0.4, 0.5) is 0 Å². The summed E-state index contributed by atoms with van der Waals surface area (Å²) in [6.07, 6.45) is 1.82. The van der Waals surface area contributed by atoms with E-state index in [2.05, 4.69) is 9.47 Å². The number of benzene rings is 1. The second kappa shape index (κ2) is 9.00. The molecule has 0 saturated heterocycles. The number of rotatable bonds is 8. The van der Waals surface area contributed by atoms with Gasteiger partial charge in [0.1, 0.15) is 5.75 Å². The Morgan fingerprint density at radius 1 is 1.05 bits per heavy atom. The number of esters is 2. The Kier molecular flexibility index (Phi) is 7.29. The van der Waals surface area contributed by atoms with E-state index in [1.165, 1.54) is 14.2 Å². The summed E-state index contributed by atoms with van der Waals surface area (Å²) in [5.74, 6) is 0.271. The molecule has 1 aromatic rings. The molecule has 0 radical (unpaired) electrons. The van der Waals surface area contributed by atoms with Crippen LogP contribution in [0.3, 0.4) is 0 Å². The second-order valence-electron chi connectivity index (χ2n) is 4.66. The molecule has 0 aliphatic rings. The van der Waals surface area contributed by atoms with Gasteiger partial charge in [0.2, 0.25) is 0 Å². The van der Waals surface area contributed by atoms with Gasteiger partial charge < -0.3 is 14.2 Å². The van der Waals surface area contributed by atoms with E-state index in [0.29, 0.717) is 32.3 Å². The molecule has 5 nitrogen and oxygen atoms in total. The zero-order chi connectivity index (χ0) is 15.7. The van der Waals surface area contributed by atoms with Gasteiger partial charge in [-0.05, 0) is 37.0 Å². The Labute approximate surface area is 125 Å². The largest absolute Gasteiger partial charge is 0.493 e. The third kappa shape index (κ3) is 5.85. The Bertz CT molecular complexity index is 482. The molecule has 0 saturated carbocycles. The van der Waals surface area contributed by atoms with Crippen molar-refractivity contribution in [3.8, 4) is 5.75 Å². The zero-order valence-electron chi connectivity index (χ0n) is 12.8. The molecular weight excluding hydrogens is 272 g/mol. The molecule has 0 amide bonds. The lowest BCUT2D eigenvalue weighted by Crippen LogP contribution is -2.07. The third-order valence-corrected chi connectivity index (χ3v) is 3.18. The van der Waals surface area contributed by atoms with Gasteiger partial charge in [-0.25, -0.2) is 0 Å². The summed E-state index contributed by atoms with van der Waals surface area (Å²) >= 11 is 0. The number of carbonyl (C=O) groups is 2. The maximum absolute atomic E-state index is 11.3. The lowest BCUT2D eigenvalue weighted by Gasteiger charge is -2.13. The van der Waals surface area contributed by atoms with Crippen molar-refractivity contribution >= 4 is 11.9 Å². The second-order valence-corrected chi connectivity index (χ2v) is 4.66. The molecule has 0 heterocycles. The number of methoxy groups -OCH3 is 2. The van der Waals surface area contributed by atoms with E-state index < -0.39 is 0 Å². The Hall–Kier alpha value is -2.04. The Morgan fingerprint density at radius 2 is 1.71 bits per heavy atom. The van der Waals surface area contributed by atoms with Gasteiger partial charge >= 0.3 is 11.9 Å². The van der Waals surface area contributed by atoms with E-state index in [1.54, 1.807) is 0 Å². The summed E-state index contributed by atoms with van der Waals surface area (Å²) in [6.45, 7) is 2.41. The highest BCUT2D eigenvalue weighted by Gasteiger charge is 2.10. The van der Waals surface area contributed by atoms with E-state index >= 15 is 0 Å². The van der Waals surface area contributed by atoms with E-state index in [0.717, 1.165) is 16.9 Å². The van der Waals surface area contributed by atoms with Gasteiger partial charge in [-0.15, -0.1) is 0 Å². The van der Waals surface area contributed by atoms with Gasteiger partial charge in [-0.1, -0.05) is 12.1 Å². The van der Waals surface area contributed by atoms with Gasteiger partial charge in [0.05, 0.1) is 20.8 Å². The minimum absolute atomic E-state index is 0.241. The van der Waals surface area contributed by atoms with Crippen LogP contribution >= 0.6 is 0 Å². The number of aryl methyl sites for hydroxylation is 1. The third-order valence-electron chi connectivity index (χ3n) is 3.18. The van der Waals surface area contributed by atoms with Gasteiger partial charge in [-0.3, -0.25) is 9.59 Å². The lowest BCUT2D eigenvalue weighted by molar-refractivity contribution is -0.141. The van der Waals surface area contributed by atoms with Crippen molar-refractivity contribution in [2.75, 3.05) is 20.8 Å². The molecule has 5 heteroatoms. The van der Waals surface area contributed by atoms with Crippen molar-refractivity contribution in [1.82, 2.24) is 0 Å². The van der Waals surface area contributed by atoms with Crippen LogP contribution in [0, 0.1) is 6.92 Å². The molecule has 0 atom stereocenters. The fourth-order valence-corrected chi connectivity index (χ4v) is 1.96. The van der Waals surface area contributed by atoms with Crippen molar-refractivity contribution < 1.29 is 23.8 Å². The van der Waals surface area contributed by atoms with Crippen LogP contribution in [0.25, 0.3) is 0 Å². The van der Waals surface area contributed by atoms with Crippen molar-refractivity contribution in [1.29, 1.82) is 0 Å². The van der Waals surface area contributed by atoms with E-state index in [-0.39, 0.29) is 11.9 Å². The van der Waals surface area contributed by atoms with E-state index in [9.17, 15) is 9.59 Å². The topological polar surface area (TPSA) is 61.8 Å². The van der Waals surface area contributed by atoms with Crippen molar-refractivity contribution in [2.45, 2.75) is 32.6 Å². The van der Waals surface area contributed by atoms with Crippen LogP contribution in [0.1, 0.15) is 30.4 Å². The van der Waals surface area contributed by atoms with E-state index in [1.807, 2.05) is 25.1 Å². The average molecular weight is 294 g/mol. The van der Waals surface area contributed by atoms with Crippen LogP contribution in [0.5, 0.6) is 5.75 Å². The zero-order valence-corrected chi connectivity index (χ0v) is 12.8. The van der Waals surface area contributed by atoms with Crippen molar-refractivity contribution in [3.63, 3.8) is 0 Å². The van der Waals surface area contributed by atoms with Crippen molar-refractivity contribution in [3.05, 3.63) is 29.3 Å². The minimum atomic E-state index is -0.242. The highest BCUT2D eigenvalue weighted by atomic mass is 16.5. The monoisotopic (exact) mass is 294 g/mol. The summed E-state index contributed by atoms with van der Waals surface area (Å²) in [5, 5.41) is 0. The minimum Gasteiger partial charge on any atom is -0.493 e. The van der Waals surface area contributed by atoms with Gasteiger partial charge in [0.15, 0.2) is 0 Å².